The number of rotatable bonds is 3. The molecule has 0 fully saturated rings. The summed E-state index contributed by atoms with van der Waals surface area (Å²) in [5.74, 6) is 0.644. The summed E-state index contributed by atoms with van der Waals surface area (Å²) in [7, 11) is 0. The highest BCUT2D eigenvalue weighted by atomic mass is 16.6. The molecular weight excluding hydrogens is 312 g/mol. The van der Waals surface area contributed by atoms with E-state index in [-0.39, 0.29) is 5.69 Å². The average Bonchev–Trinajstić information content (AvgIpc) is 2.82. The Morgan fingerprint density at radius 2 is 2.00 bits per heavy atom. The van der Waals surface area contributed by atoms with Crippen LogP contribution in [0.3, 0.4) is 0 Å². The van der Waals surface area contributed by atoms with E-state index in [1.165, 1.54) is 24.5 Å². The van der Waals surface area contributed by atoms with Crippen LogP contribution in [0, 0.1) is 30.9 Å². The number of nitro groups is 1. The maximum Gasteiger partial charge on any atom is 0.269 e. The lowest BCUT2D eigenvalue weighted by Gasteiger charge is -2.08. The highest BCUT2D eigenvalue weighted by Crippen LogP contribution is 2.28. The minimum atomic E-state index is -0.500. The molecule has 0 aliphatic carbocycles. The molecule has 3 aromatic rings. The maximum absolute atomic E-state index is 12.5. The Bertz CT molecular complexity index is 978. The Morgan fingerprint density at radius 3 is 2.67 bits per heavy atom. The summed E-state index contributed by atoms with van der Waals surface area (Å²) in [5, 5.41) is 14.2. The minimum Gasteiger partial charge on any atom is -0.443 e. The molecule has 2 heterocycles. The monoisotopic (exact) mass is 326 g/mol. The predicted octanol–water partition coefficient (Wildman–Crippen LogP) is 3.31. The zero-order valence-corrected chi connectivity index (χ0v) is 13.3. The van der Waals surface area contributed by atoms with Gasteiger partial charge in [0.2, 0.25) is 5.71 Å². The Morgan fingerprint density at radius 1 is 1.25 bits per heavy atom. The minimum absolute atomic E-state index is 0.0604. The molecule has 1 N–H and O–H groups in total. The van der Waals surface area contributed by atoms with Gasteiger partial charge in [-0.05, 0) is 32.4 Å². The van der Waals surface area contributed by atoms with Crippen molar-refractivity contribution in [1.29, 1.82) is 0 Å². The van der Waals surface area contributed by atoms with Gasteiger partial charge >= 0.3 is 0 Å². The standard InChI is InChI=1S/C16H14N4O4/c1-8-6-11(20(22)23)4-5-12(8)15(21)19-14-13-9(2)10(3)24-16(13)18-7-17-14/h4-7H,1-3H3,(H,17,18,19,21). The molecule has 24 heavy (non-hydrogen) atoms. The van der Waals surface area contributed by atoms with Gasteiger partial charge in [0, 0.05) is 23.3 Å². The third-order valence-corrected chi connectivity index (χ3v) is 3.86. The molecular formula is C16H14N4O4. The fourth-order valence-electron chi connectivity index (χ4n) is 2.47. The molecule has 0 saturated carbocycles. The Balaban J connectivity index is 1.97. The van der Waals surface area contributed by atoms with Crippen LogP contribution in [-0.4, -0.2) is 20.8 Å². The number of carbonyl (C=O) groups is 1. The van der Waals surface area contributed by atoms with Gasteiger partial charge in [0.1, 0.15) is 17.9 Å². The smallest absolute Gasteiger partial charge is 0.269 e. The lowest BCUT2D eigenvalue weighted by molar-refractivity contribution is -0.384. The Kier molecular flexibility index (Phi) is 3.72. The number of non-ortho nitro benzene ring substituents is 1. The first kappa shape index (κ1) is 15.6. The van der Waals surface area contributed by atoms with E-state index >= 15 is 0 Å². The fraction of sp³-hybridized carbons (Fsp3) is 0.188. The van der Waals surface area contributed by atoms with Crippen LogP contribution in [0.4, 0.5) is 11.5 Å². The zero-order valence-electron chi connectivity index (χ0n) is 13.3. The molecule has 1 amide bonds. The summed E-state index contributed by atoms with van der Waals surface area (Å²) < 4.78 is 5.52. The third kappa shape index (κ3) is 2.58. The average molecular weight is 326 g/mol. The topological polar surface area (TPSA) is 111 Å². The molecule has 0 radical (unpaired) electrons. The molecule has 1 aromatic carbocycles. The normalized spacial score (nSPS) is 10.8. The SMILES string of the molecule is Cc1cc([N+](=O)[O-])ccc1C(=O)Nc1ncnc2oc(C)c(C)c12. The van der Waals surface area contributed by atoms with E-state index in [1.807, 2.05) is 13.8 Å². The summed E-state index contributed by atoms with van der Waals surface area (Å²) in [6.45, 7) is 5.31. The van der Waals surface area contributed by atoms with Gasteiger partial charge in [-0.2, -0.15) is 0 Å². The van der Waals surface area contributed by atoms with Crippen molar-refractivity contribution >= 4 is 28.5 Å². The van der Waals surface area contributed by atoms with Crippen molar-refractivity contribution in [2.45, 2.75) is 20.8 Å². The highest BCUT2D eigenvalue weighted by Gasteiger charge is 2.18. The molecule has 0 unspecified atom stereocenters. The van der Waals surface area contributed by atoms with Gasteiger partial charge in [-0.3, -0.25) is 14.9 Å². The zero-order chi connectivity index (χ0) is 17.4. The molecule has 0 bridgehead atoms. The summed E-state index contributed by atoms with van der Waals surface area (Å²) in [6.07, 6.45) is 1.31. The van der Waals surface area contributed by atoms with Crippen LogP contribution < -0.4 is 5.32 Å². The third-order valence-electron chi connectivity index (χ3n) is 3.86. The number of fused-ring (bicyclic) bond motifs is 1. The molecule has 0 saturated heterocycles. The molecule has 3 rings (SSSR count). The number of aromatic nitrogens is 2. The molecule has 8 nitrogen and oxygen atoms in total. The van der Waals surface area contributed by atoms with Crippen molar-refractivity contribution in [2.24, 2.45) is 0 Å². The highest BCUT2D eigenvalue weighted by molar-refractivity contribution is 6.08. The maximum atomic E-state index is 12.5. The largest absolute Gasteiger partial charge is 0.443 e. The fourth-order valence-corrected chi connectivity index (χ4v) is 2.47. The van der Waals surface area contributed by atoms with Crippen LogP contribution in [-0.2, 0) is 0 Å². The van der Waals surface area contributed by atoms with E-state index in [4.69, 9.17) is 4.42 Å². The van der Waals surface area contributed by atoms with Gasteiger partial charge in [0.15, 0.2) is 0 Å². The lowest BCUT2D eigenvalue weighted by atomic mass is 10.1. The second-order valence-electron chi connectivity index (χ2n) is 5.40. The second-order valence-corrected chi connectivity index (χ2v) is 5.40. The summed E-state index contributed by atoms with van der Waals surface area (Å²) >= 11 is 0. The van der Waals surface area contributed by atoms with E-state index in [1.54, 1.807) is 6.92 Å². The van der Waals surface area contributed by atoms with Crippen molar-refractivity contribution in [3.63, 3.8) is 0 Å². The second kappa shape index (κ2) is 5.73. The number of carbonyl (C=O) groups excluding carboxylic acids is 1. The van der Waals surface area contributed by atoms with E-state index in [9.17, 15) is 14.9 Å². The first-order valence-electron chi connectivity index (χ1n) is 7.15. The first-order chi connectivity index (χ1) is 11.4. The number of nitrogens with zero attached hydrogens (tertiary/aromatic N) is 3. The molecule has 0 spiro atoms. The quantitative estimate of drug-likeness (QED) is 0.584. The first-order valence-corrected chi connectivity index (χ1v) is 7.15. The van der Waals surface area contributed by atoms with Crippen molar-refractivity contribution in [3.05, 3.63) is 57.1 Å². The van der Waals surface area contributed by atoms with Gasteiger partial charge in [0.25, 0.3) is 11.6 Å². The molecule has 0 atom stereocenters. The predicted molar refractivity (Wildman–Crippen MR) is 87.1 cm³/mol. The van der Waals surface area contributed by atoms with E-state index < -0.39 is 10.8 Å². The number of furan rings is 1. The number of nitrogens with one attached hydrogen (secondary N) is 1. The molecule has 8 heteroatoms. The number of hydrogen-bond acceptors (Lipinski definition) is 6. The van der Waals surface area contributed by atoms with E-state index in [0.29, 0.717) is 33.8 Å². The van der Waals surface area contributed by atoms with E-state index in [2.05, 4.69) is 15.3 Å². The van der Waals surface area contributed by atoms with Crippen LogP contribution in [0.2, 0.25) is 0 Å². The van der Waals surface area contributed by atoms with Gasteiger partial charge in [-0.15, -0.1) is 0 Å². The van der Waals surface area contributed by atoms with Gasteiger partial charge in [-0.25, -0.2) is 9.97 Å². The van der Waals surface area contributed by atoms with Crippen LogP contribution in [0.5, 0.6) is 0 Å². The lowest BCUT2D eigenvalue weighted by Crippen LogP contribution is -2.15. The molecule has 2 aromatic heterocycles. The Labute approximate surface area is 136 Å². The van der Waals surface area contributed by atoms with Crippen molar-refractivity contribution in [1.82, 2.24) is 9.97 Å². The van der Waals surface area contributed by atoms with Gasteiger partial charge in [-0.1, -0.05) is 0 Å². The number of benzene rings is 1. The summed E-state index contributed by atoms with van der Waals surface area (Å²) in [5.41, 5.74) is 2.03. The molecule has 0 aliphatic heterocycles. The number of amides is 1. The van der Waals surface area contributed by atoms with E-state index in [0.717, 1.165) is 5.56 Å². The van der Waals surface area contributed by atoms with Crippen LogP contribution in [0.15, 0.2) is 28.9 Å². The van der Waals surface area contributed by atoms with Crippen molar-refractivity contribution in [3.8, 4) is 0 Å². The van der Waals surface area contributed by atoms with Crippen LogP contribution in [0.1, 0.15) is 27.2 Å². The van der Waals surface area contributed by atoms with Crippen LogP contribution >= 0.6 is 0 Å². The van der Waals surface area contributed by atoms with Crippen molar-refractivity contribution in [2.75, 3.05) is 5.32 Å². The summed E-state index contributed by atoms with van der Waals surface area (Å²) in [4.78, 5) is 31.0. The Hall–Kier alpha value is -3.29. The number of aryl methyl sites for hydroxylation is 3. The number of nitro benzene ring substituents is 1. The van der Waals surface area contributed by atoms with Gasteiger partial charge in [0.05, 0.1) is 10.3 Å². The number of anilines is 1. The molecule has 122 valence electrons. The number of hydrogen-bond donors (Lipinski definition) is 1. The van der Waals surface area contributed by atoms with Gasteiger partial charge < -0.3 is 9.73 Å². The van der Waals surface area contributed by atoms with Crippen LogP contribution in [0.25, 0.3) is 11.1 Å². The van der Waals surface area contributed by atoms with Crippen molar-refractivity contribution < 1.29 is 14.1 Å². The summed E-state index contributed by atoms with van der Waals surface area (Å²) in [6, 6.07) is 4.08. The molecule has 0 aliphatic rings.